The molecule has 0 aliphatic carbocycles. The van der Waals surface area contributed by atoms with Crippen molar-refractivity contribution < 1.29 is 17.7 Å². The normalized spacial score (nSPS) is 12.3. The molecule has 21 heavy (non-hydrogen) atoms. The van der Waals surface area contributed by atoms with Gasteiger partial charge in [-0.1, -0.05) is 37.6 Å². The Kier molecular flexibility index (Phi) is 4.98. The van der Waals surface area contributed by atoms with Crippen molar-refractivity contribution in [2.75, 3.05) is 0 Å². The number of fused-ring (bicyclic) bond motifs is 3. The summed E-state index contributed by atoms with van der Waals surface area (Å²) in [6.07, 6.45) is 1.94. The summed E-state index contributed by atoms with van der Waals surface area (Å²) < 4.78 is 35.2. The molecule has 2 aliphatic rings. The van der Waals surface area contributed by atoms with Crippen LogP contribution in [-0.4, -0.2) is 13.0 Å². The van der Waals surface area contributed by atoms with E-state index in [9.17, 15) is 8.42 Å². The lowest BCUT2D eigenvalue weighted by atomic mass is 10.1. The minimum absolute atomic E-state index is 0.0487. The van der Waals surface area contributed by atoms with Crippen molar-refractivity contribution in [2.45, 2.75) is 31.3 Å². The number of ether oxygens (including phenoxy) is 1. The standard InChI is InChI=1S/C9H12O3S.C7H6O/c1-2-3-8-4-6-9(7-5-8)13(10,11)12;1-3-7-4-2-6(1)5-8-7/h4-7H,2-3H2,1H3,(H,10,11,12);1-4H,5H2. The molecule has 0 aromatic heterocycles. The van der Waals surface area contributed by atoms with Crippen molar-refractivity contribution in [1.82, 2.24) is 0 Å². The number of aryl methyl sites for hydroxylation is 1. The average molecular weight is 306 g/mol. The Labute approximate surface area is 125 Å². The van der Waals surface area contributed by atoms with E-state index in [0.717, 1.165) is 30.8 Å². The quantitative estimate of drug-likeness (QED) is 0.882. The van der Waals surface area contributed by atoms with Gasteiger partial charge in [-0.25, -0.2) is 0 Å². The molecule has 2 aromatic carbocycles. The van der Waals surface area contributed by atoms with Gasteiger partial charge in [-0.2, -0.15) is 8.42 Å². The minimum Gasteiger partial charge on any atom is -0.489 e. The molecule has 4 rings (SSSR count). The van der Waals surface area contributed by atoms with Crippen LogP contribution in [0.25, 0.3) is 0 Å². The summed E-state index contributed by atoms with van der Waals surface area (Å²) >= 11 is 0. The zero-order valence-corrected chi connectivity index (χ0v) is 12.6. The highest BCUT2D eigenvalue weighted by atomic mass is 32.2. The summed E-state index contributed by atoms with van der Waals surface area (Å²) in [5.74, 6) is 0.986. The van der Waals surface area contributed by atoms with E-state index in [1.54, 1.807) is 12.1 Å². The van der Waals surface area contributed by atoms with Crippen molar-refractivity contribution in [3.05, 3.63) is 59.7 Å². The third-order valence-electron chi connectivity index (χ3n) is 3.09. The van der Waals surface area contributed by atoms with Crippen molar-refractivity contribution in [3.63, 3.8) is 0 Å². The first kappa shape index (κ1) is 15.5. The highest BCUT2D eigenvalue weighted by Gasteiger charge is 2.07. The molecule has 0 saturated carbocycles. The molecule has 0 atom stereocenters. The molecule has 2 bridgehead atoms. The SMILES string of the molecule is CCCc1ccc(S(=O)(=O)O)cc1.c1cc2ccc1CO2. The van der Waals surface area contributed by atoms with Crippen molar-refractivity contribution >= 4 is 10.1 Å². The summed E-state index contributed by atoms with van der Waals surface area (Å²) in [5.41, 5.74) is 2.34. The van der Waals surface area contributed by atoms with Crippen LogP contribution >= 0.6 is 0 Å². The Morgan fingerprint density at radius 1 is 1.05 bits per heavy atom. The van der Waals surface area contributed by atoms with Gasteiger partial charge in [0, 0.05) is 0 Å². The first-order valence-corrected chi connectivity index (χ1v) is 8.21. The van der Waals surface area contributed by atoms with Gasteiger partial charge < -0.3 is 4.74 Å². The zero-order valence-electron chi connectivity index (χ0n) is 11.8. The van der Waals surface area contributed by atoms with Crippen LogP contribution in [0, 0.1) is 0 Å². The lowest BCUT2D eigenvalue weighted by molar-refractivity contribution is 0.295. The van der Waals surface area contributed by atoms with Crippen LogP contribution in [0.15, 0.2) is 53.4 Å². The first-order chi connectivity index (χ1) is 9.99. The van der Waals surface area contributed by atoms with Gasteiger partial charge in [-0.15, -0.1) is 0 Å². The van der Waals surface area contributed by atoms with Gasteiger partial charge in [0.2, 0.25) is 0 Å². The average Bonchev–Trinajstić information content (AvgIpc) is 2.50. The van der Waals surface area contributed by atoms with Crippen LogP contribution < -0.4 is 4.74 Å². The second-order valence-corrected chi connectivity index (χ2v) is 6.22. The first-order valence-electron chi connectivity index (χ1n) is 6.77. The topological polar surface area (TPSA) is 63.6 Å². The van der Waals surface area contributed by atoms with Crippen LogP contribution in [0.1, 0.15) is 24.5 Å². The molecule has 2 aromatic rings. The van der Waals surface area contributed by atoms with Crippen molar-refractivity contribution in [3.8, 4) is 5.75 Å². The van der Waals surface area contributed by atoms with Crippen LogP contribution in [-0.2, 0) is 23.1 Å². The number of hydrogen-bond acceptors (Lipinski definition) is 3. The van der Waals surface area contributed by atoms with E-state index < -0.39 is 10.1 Å². The molecule has 0 spiro atoms. The molecular formula is C16H18O4S. The molecule has 1 N–H and O–H groups in total. The second kappa shape index (κ2) is 6.74. The van der Waals surface area contributed by atoms with E-state index in [1.807, 2.05) is 12.1 Å². The third-order valence-corrected chi connectivity index (χ3v) is 3.96. The highest BCUT2D eigenvalue weighted by molar-refractivity contribution is 7.85. The molecule has 0 saturated heterocycles. The Morgan fingerprint density at radius 2 is 1.67 bits per heavy atom. The molecule has 112 valence electrons. The molecule has 5 heteroatoms. The predicted octanol–water partition coefficient (Wildman–Crippen LogP) is 3.46. The smallest absolute Gasteiger partial charge is 0.294 e. The maximum atomic E-state index is 10.7. The van der Waals surface area contributed by atoms with Gasteiger partial charge in [0.25, 0.3) is 10.1 Å². The Morgan fingerprint density at radius 3 is 1.95 bits per heavy atom. The highest BCUT2D eigenvalue weighted by Crippen LogP contribution is 2.19. The van der Waals surface area contributed by atoms with Gasteiger partial charge in [-0.3, -0.25) is 4.55 Å². The summed E-state index contributed by atoms with van der Waals surface area (Å²) in [6, 6.07) is 14.4. The fourth-order valence-electron chi connectivity index (χ4n) is 1.97. The number of rotatable bonds is 3. The second-order valence-electron chi connectivity index (χ2n) is 4.80. The molecule has 0 amide bonds. The minimum atomic E-state index is -4.03. The predicted molar refractivity (Wildman–Crippen MR) is 81.0 cm³/mol. The molecule has 2 aliphatic heterocycles. The number of hydrogen-bond donors (Lipinski definition) is 1. The van der Waals surface area contributed by atoms with E-state index >= 15 is 0 Å². The Balaban J connectivity index is 0.000000170. The van der Waals surface area contributed by atoms with Crippen molar-refractivity contribution in [2.24, 2.45) is 0 Å². The van der Waals surface area contributed by atoms with Crippen LogP contribution in [0.3, 0.4) is 0 Å². The summed E-state index contributed by atoms with van der Waals surface area (Å²) in [5, 5.41) is 0. The molecular weight excluding hydrogens is 288 g/mol. The van der Waals surface area contributed by atoms with Gasteiger partial charge in [-0.05, 0) is 41.8 Å². The number of benzene rings is 2. The van der Waals surface area contributed by atoms with Gasteiger partial charge in [0.1, 0.15) is 12.4 Å². The van der Waals surface area contributed by atoms with E-state index in [4.69, 9.17) is 9.29 Å². The van der Waals surface area contributed by atoms with E-state index in [-0.39, 0.29) is 4.90 Å². The van der Waals surface area contributed by atoms with Crippen LogP contribution in [0.5, 0.6) is 5.75 Å². The largest absolute Gasteiger partial charge is 0.489 e. The Hall–Kier alpha value is -1.85. The van der Waals surface area contributed by atoms with Crippen molar-refractivity contribution in [1.29, 1.82) is 0 Å². The van der Waals surface area contributed by atoms with Crippen LogP contribution in [0.2, 0.25) is 0 Å². The summed E-state index contributed by atoms with van der Waals surface area (Å²) in [7, 11) is -4.03. The third kappa shape index (κ3) is 4.58. The summed E-state index contributed by atoms with van der Waals surface area (Å²) in [6.45, 7) is 2.82. The lowest BCUT2D eigenvalue weighted by Crippen LogP contribution is -2.00. The fraction of sp³-hybridized carbons (Fsp3) is 0.250. The maximum Gasteiger partial charge on any atom is 0.294 e. The van der Waals surface area contributed by atoms with E-state index in [0.29, 0.717) is 0 Å². The van der Waals surface area contributed by atoms with Crippen LogP contribution in [0.4, 0.5) is 0 Å². The zero-order chi connectivity index (χ0) is 15.3. The maximum absolute atomic E-state index is 10.7. The van der Waals surface area contributed by atoms with Gasteiger partial charge in [0.05, 0.1) is 4.90 Å². The van der Waals surface area contributed by atoms with Gasteiger partial charge in [0.15, 0.2) is 0 Å². The van der Waals surface area contributed by atoms with E-state index in [2.05, 4.69) is 19.1 Å². The fourth-order valence-corrected chi connectivity index (χ4v) is 2.45. The summed E-state index contributed by atoms with van der Waals surface area (Å²) in [4.78, 5) is -0.0487. The molecule has 4 nitrogen and oxygen atoms in total. The Bertz CT molecular complexity index is 650. The lowest BCUT2D eigenvalue weighted by Gasteiger charge is -2.11. The van der Waals surface area contributed by atoms with E-state index in [1.165, 1.54) is 17.7 Å². The van der Waals surface area contributed by atoms with Gasteiger partial charge >= 0.3 is 0 Å². The molecule has 0 unspecified atom stereocenters. The molecule has 0 fully saturated rings. The molecule has 0 radical (unpaired) electrons. The molecule has 2 heterocycles. The monoisotopic (exact) mass is 306 g/mol.